The smallest absolute Gasteiger partial charge is 0.387 e. The second kappa shape index (κ2) is 9.95. The van der Waals surface area contributed by atoms with Crippen molar-refractivity contribution >= 4 is 28.9 Å². The lowest BCUT2D eigenvalue weighted by Gasteiger charge is -2.36. The lowest BCUT2D eigenvalue weighted by atomic mass is 10.1. The molecule has 0 aromatic heterocycles. The predicted octanol–water partition coefficient (Wildman–Crippen LogP) is 4.34. The molecule has 1 heterocycles. The number of likely N-dealkylation sites (N-methyl/N-ethyl adjacent to an activating group) is 1. The Balaban J connectivity index is 1.80. The van der Waals surface area contributed by atoms with Crippen LogP contribution in [0.4, 0.5) is 20.2 Å². The summed E-state index contributed by atoms with van der Waals surface area (Å²) in [6.07, 6.45) is 0. The lowest BCUT2D eigenvalue weighted by molar-refractivity contribution is -0.0512. The lowest BCUT2D eigenvalue weighted by Crippen LogP contribution is -2.46. The van der Waals surface area contributed by atoms with E-state index < -0.39 is 12.5 Å². The zero-order valence-electron chi connectivity index (χ0n) is 16.8. The Kier molecular flexibility index (Phi) is 7.33. The second-order valence-electron chi connectivity index (χ2n) is 6.78. The number of hydrogen-bond donors (Lipinski definition) is 1. The Bertz CT molecular complexity index is 890. The van der Waals surface area contributed by atoms with Crippen LogP contribution in [0.2, 0.25) is 5.02 Å². The second-order valence-corrected chi connectivity index (χ2v) is 7.22. The highest BCUT2D eigenvalue weighted by Crippen LogP contribution is 2.32. The van der Waals surface area contributed by atoms with Crippen LogP contribution in [0.15, 0.2) is 36.4 Å². The van der Waals surface area contributed by atoms with Crippen molar-refractivity contribution in [3.05, 3.63) is 47.0 Å². The van der Waals surface area contributed by atoms with Gasteiger partial charge in [-0.05, 0) is 42.9 Å². The molecule has 0 bridgehead atoms. The Labute approximate surface area is 179 Å². The quantitative estimate of drug-likeness (QED) is 0.695. The molecular weight excluding hydrogens is 416 g/mol. The van der Waals surface area contributed by atoms with Crippen molar-refractivity contribution in [2.24, 2.45) is 0 Å². The Morgan fingerprint density at radius 2 is 1.87 bits per heavy atom. The van der Waals surface area contributed by atoms with E-state index >= 15 is 0 Å². The maximum absolute atomic E-state index is 12.8. The highest BCUT2D eigenvalue weighted by atomic mass is 35.5. The van der Waals surface area contributed by atoms with E-state index in [9.17, 15) is 13.6 Å². The molecule has 0 saturated carbocycles. The molecule has 30 heavy (non-hydrogen) atoms. The molecule has 1 aliphatic rings. The molecule has 9 heteroatoms. The molecule has 1 amide bonds. The standard InChI is InChI=1S/C21H24ClF2N3O3/c1-3-26-8-10-27(11-9-26)17-6-5-15(22)13-16(17)25-20(28)14-4-7-18(30-21(23)24)19(12-14)29-2/h4-7,12-13,21H,3,8-11H2,1-2H3,(H,25,28). The highest BCUT2D eigenvalue weighted by Gasteiger charge is 2.20. The molecule has 0 spiro atoms. The van der Waals surface area contributed by atoms with Gasteiger partial charge in [0.1, 0.15) is 0 Å². The van der Waals surface area contributed by atoms with Crippen molar-refractivity contribution in [1.29, 1.82) is 0 Å². The molecule has 6 nitrogen and oxygen atoms in total. The maximum atomic E-state index is 12.8. The van der Waals surface area contributed by atoms with E-state index in [1.165, 1.54) is 25.3 Å². The summed E-state index contributed by atoms with van der Waals surface area (Å²) in [7, 11) is 1.32. The van der Waals surface area contributed by atoms with Crippen LogP contribution >= 0.6 is 11.6 Å². The van der Waals surface area contributed by atoms with E-state index in [1.807, 2.05) is 6.07 Å². The van der Waals surface area contributed by atoms with E-state index in [1.54, 1.807) is 12.1 Å². The fourth-order valence-electron chi connectivity index (χ4n) is 3.39. The zero-order valence-corrected chi connectivity index (χ0v) is 17.6. The number of anilines is 2. The third-order valence-corrected chi connectivity index (χ3v) is 5.24. The number of nitrogens with one attached hydrogen (secondary N) is 1. The monoisotopic (exact) mass is 439 g/mol. The molecule has 1 saturated heterocycles. The summed E-state index contributed by atoms with van der Waals surface area (Å²) < 4.78 is 34.5. The van der Waals surface area contributed by atoms with Crippen molar-refractivity contribution in [3.63, 3.8) is 0 Å². The fraction of sp³-hybridized carbons (Fsp3) is 0.381. The van der Waals surface area contributed by atoms with Gasteiger partial charge in [-0.3, -0.25) is 4.79 Å². The van der Waals surface area contributed by atoms with Gasteiger partial charge in [-0.1, -0.05) is 18.5 Å². The van der Waals surface area contributed by atoms with Crippen molar-refractivity contribution in [2.45, 2.75) is 13.5 Å². The molecule has 0 atom stereocenters. The van der Waals surface area contributed by atoms with Gasteiger partial charge in [-0.25, -0.2) is 0 Å². The number of carbonyl (C=O) groups excluding carboxylic acids is 1. The number of hydrogen-bond acceptors (Lipinski definition) is 5. The number of halogens is 3. The van der Waals surface area contributed by atoms with Gasteiger partial charge < -0.3 is 24.6 Å². The molecule has 1 aliphatic heterocycles. The number of carbonyl (C=O) groups is 1. The van der Waals surface area contributed by atoms with Crippen LogP contribution in [0.1, 0.15) is 17.3 Å². The SMILES string of the molecule is CCN1CCN(c2ccc(Cl)cc2NC(=O)c2ccc(OC(F)F)c(OC)c2)CC1. The molecule has 0 aliphatic carbocycles. The van der Waals surface area contributed by atoms with Crippen LogP contribution in [0.25, 0.3) is 0 Å². The molecule has 0 unspecified atom stereocenters. The van der Waals surface area contributed by atoms with E-state index in [0.29, 0.717) is 10.7 Å². The third-order valence-electron chi connectivity index (χ3n) is 5.01. The highest BCUT2D eigenvalue weighted by molar-refractivity contribution is 6.31. The molecule has 1 N–H and O–H groups in total. The normalized spacial score (nSPS) is 14.7. The van der Waals surface area contributed by atoms with Crippen LogP contribution in [0.5, 0.6) is 11.5 Å². The number of amides is 1. The van der Waals surface area contributed by atoms with Gasteiger partial charge in [0, 0.05) is 36.8 Å². The van der Waals surface area contributed by atoms with E-state index in [0.717, 1.165) is 38.4 Å². The number of piperazine rings is 1. The largest absolute Gasteiger partial charge is 0.493 e. The van der Waals surface area contributed by atoms with Gasteiger partial charge in [0.05, 0.1) is 18.5 Å². The van der Waals surface area contributed by atoms with E-state index in [4.69, 9.17) is 16.3 Å². The van der Waals surface area contributed by atoms with Gasteiger partial charge in [-0.15, -0.1) is 0 Å². The molecule has 2 aromatic carbocycles. The van der Waals surface area contributed by atoms with Crippen LogP contribution in [0, 0.1) is 0 Å². The van der Waals surface area contributed by atoms with Crippen LogP contribution in [-0.4, -0.2) is 57.3 Å². The summed E-state index contributed by atoms with van der Waals surface area (Å²) in [4.78, 5) is 17.4. The molecule has 3 rings (SSSR count). The molecule has 162 valence electrons. The first-order valence-corrected chi connectivity index (χ1v) is 10.00. The first-order chi connectivity index (χ1) is 14.4. The van der Waals surface area contributed by atoms with E-state index in [2.05, 4.69) is 26.8 Å². The molecular formula is C21H24ClF2N3O3. The summed E-state index contributed by atoms with van der Waals surface area (Å²) in [5.41, 5.74) is 1.72. The summed E-state index contributed by atoms with van der Waals surface area (Å²) in [5, 5.41) is 3.38. The van der Waals surface area contributed by atoms with Crippen molar-refractivity contribution < 1.29 is 23.0 Å². The fourth-order valence-corrected chi connectivity index (χ4v) is 3.56. The molecule has 2 aromatic rings. The van der Waals surface area contributed by atoms with E-state index in [-0.39, 0.29) is 17.1 Å². The van der Waals surface area contributed by atoms with Crippen LogP contribution in [-0.2, 0) is 0 Å². The summed E-state index contributed by atoms with van der Waals surface area (Å²) in [6.45, 7) is 3.71. The number of rotatable bonds is 7. The van der Waals surface area contributed by atoms with Crippen LogP contribution in [0.3, 0.4) is 0 Å². The molecule has 1 fully saturated rings. The van der Waals surface area contributed by atoms with Crippen molar-refractivity contribution in [3.8, 4) is 11.5 Å². The van der Waals surface area contributed by atoms with Gasteiger partial charge in [0.2, 0.25) is 0 Å². The topological polar surface area (TPSA) is 54.0 Å². The molecule has 0 radical (unpaired) electrons. The Morgan fingerprint density at radius 3 is 2.50 bits per heavy atom. The minimum Gasteiger partial charge on any atom is -0.493 e. The zero-order chi connectivity index (χ0) is 21.7. The Morgan fingerprint density at radius 1 is 1.13 bits per heavy atom. The average molecular weight is 440 g/mol. The Hall–Kier alpha value is -2.58. The summed E-state index contributed by atoms with van der Waals surface area (Å²) in [6, 6.07) is 9.42. The van der Waals surface area contributed by atoms with Gasteiger partial charge >= 0.3 is 6.61 Å². The number of methoxy groups -OCH3 is 1. The minimum atomic E-state index is -2.99. The number of alkyl halides is 2. The van der Waals surface area contributed by atoms with Gasteiger partial charge in [0.15, 0.2) is 11.5 Å². The first-order valence-electron chi connectivity index (χ1n) is 9.62. The van der Waals surface area contributed by atoms with Gasteiger partial charge in [-0.2, -0.15) is 8.78 Å². The van der Waals surface area contributed by atoms with Crippen molar-refractivity contribution in [2.75, 3.05) is 50.1 Å². The number of benzene rings is 2. The predicted molar refractivity (Wildman–Crippen MR) is 113 cm³/mol. The number of nitrogens with zero attached hydrogens (tertiary/aromatic N) is 2. The minimum absolute atomic E-state index is 0.0463. The maximum Gasteiger partial charge on any atom is 0.387 e. The summed E-state index contributed by atoms with van der Waals surface area (Å²) in [5.74, 6) is -0.501. The number of ether oxygens (including phenoxy) is 2. The average Bonchev–Trinajstić information content (AvgIpc) is 2.74. The van der Waals surface area contributed by atoms with Gasteiger partial charge in [0.25, 0.3) is 5.91 Å². The summed E-state index contributed by atoms with van der Waals surface area (Å²) >= 11 is 6.16. The first kappa shape index (κ1) is 22.1. The third kappa shape index (κ3) is 5.31. The van der Waals surface area contributed by atoms with Crippen LogP contribution < -0.4 is 19.7 Å². The van der Waals surface area contributed by atoms with Crippen molar-refractivity contribution in [1.82, 2.24) is 4.90 Å².